The van der Waals surface area contributed by atoms with E-state index in [9.17, 15) is 4.79 Å². The molecule has 0 aliphatic rings. The van der Waals surface area contributed by atoms with Crippen molar-refractivity contribution in [1.29, 1.82) is 0 Å². The first kappa shape index (κ1) is 24.2. The first-order valence-corrected chi connectivity index (χ1v) is 9.93. The highest BCUT2D eigenvalue weighted by atomic mass is 127. The van der Waals surface area contributed by atoms with Crippen molar-refractivity contribution in [3.05, 3.63) is 70.1 Å². The molecular formula is C22H33IN4O. The van der Waals surface area contributed by atoms with Gasteiger partial charge in [-0.3, -0.25) is 9.79 Å². The number of nitrogens with zero attached hydrogens (tertiary/aromatic N) is 2. The van der Waals surface area contributed by atoms with Crippen molar-refractivity contribution in [2.24, 2.45) is 4.99 Å². The number of unbranched alkanes of at least 4 members (excludes halogenated alkanes) is 1. The molecule has 28 heavy (non-hydrogen) atoms. The molecule has 6 heteroatoms. The fraction of sp³-hybridized carbons (Fsp3) is 0.455. The van der Waals surface area contributed by atoms with Gasteiger partial charge in [-0.05, 0) is 51.2 Å². The van der Waals surface area contributed by atoms with Crippen molar-refractivity contribution in [2.45, 2.75) is 46.1 Å². The number of guanidine groups is 1. The lowest BCUT2D eigenvalue weighted by Gasteiger charge is -2.12. The van der Waals surface area contributed by atoms with Gasteiger partial charge in [-0.2, -0.15) is 0 Å². The zero-order valence-corrected chi connectivity index (χ0v) is 19.3. The quantitative estimate of drug-likeness (QED) is 0.228. The Labute approximate surface area is 185 Å². The molecule has 0 aliphatic carbocycles. The summed E-state index contributed by atoms with van der Waals surface area (Å²) in [6, 6.07) is 15.9. The lowest BCUT2D eigenvalue weighted by Crippen LogP contribution is -2.38. The van der Waals surface area contributed by atoms with Crippen molar-refractivity contribution >= 4 is 29.9 Å². The van der Waals surface area contributed by atoms with Gasteiger partial charge in [0.1, 0.15) is 0 Å². The maximum atomic E-state index is 11.9. The molecule has 0 bridgehead atoms. The first-order chi connectivity index (χ1) is 13.2. The van der Waals surface area contributed by atoms with Crippen LogP contribution in [0.3, 0.4) is 0 Å². The van der Waals surface area contributed by atoms with Crippen LogP contribution in [-0.4, -0.2) is 30.2 Å². The molecular weight excluding hydrogens is 463 g/mol. The van der Waals surface area contributed by atoms with Gasteiger partial charge < -0.3 is 15.2 Å². The molecule has 0 saturated heterocycles. The molecule has 0 amide bonds. The van der Waals surface area contributed by atoms with E-state index < -0.39 is 0 Å². The van der Waals surface area contributed by atoms with Crippen LogP contribution in [0.5, 0.6) is 0 Å². The molecule has 1 aromatic heterocycles. The Morgan fingerprint density at radius 3 is 2.50 bits per heavy atom. The van der Waals surface area contributed by atoms with E-state index in [1.807, 2.05) is 29.7 Å². The highest BCUT2D eigenvalue weighted by molar-refractivity contribution is 14.0. The summed E-state index contributed by atoms with van der Waals surface area (Å²) in [5.74, 6) is 0.874. The summed E-state index contributed by atoms with van der Waals surface area (Å²) in [6.45, 7) is 7.33. The van der Waals surface area contributed by atoms with E-state index >= 15 is 0 Å². The van der Waals surface area contributed by atoms with E-state index in [0.29, 0.717) is 0 Å². The fourth-order valence-electron chi connectivity index (χ4n) is 2.97. The van der Waals surface area contributed by atoms with E-state index in [2.05, 4.69) is 46.8 Å². The van der Waals surface area contributed by atoms with E-state index in [1.165, 1.54) is 5.56 Å². The number of hydrogen-bond acceptors (Lipinski definition) is 2. The predicted molar refractivity (Wildman–Crippen MR) is 129 cm³/mol. The standard InChI is InChI=1S/C22H32N4O.HI/c1-3-23-22(25-17-10-14-20-12-5-4-6-13-20)24-16-7-8-18-26-19(2)11-9-15-21(26)27;/h4-6,9,11-13,15H,3,7-8,10,14,16-18H2,1-2H3,(H2,23,24,25);1H. The topological polar surface area (TPSA) is 58.4 Å². The molecule has 2 aromatic rings. The number of halogens is 1. The van der Waals surface area contributed by atoms with Crippen molar-refractivity contribution in [3.8, 4) is 0 Å². The van der Waals surface area contributed by atoms with Crippen LogP contribution in [0.25, 0.3) is 0 Å². The van der Waals surface area contributed by atoms with Crippen LogP contribution in [0, 0.1) is 6.92 Å². The monoisotopic (exact) mass is 496 g/mol. The molecule has 1 aromatic carbocycles. The largest absolute Gasteiger partial charge is 0.357 e. The number of nitrogens with one attached hydrogen (secondary N) is 2. The maximum absolute atomic E-state index is 11.9. The molecule has 0 radical (unpaired) electrons. The van der Waals surface area contributed by atoms with Gasteiger partial charge in [-0.25, -0.2) is 0 Å². The van der Waals surface area contributed by atoms with E-state index in [0.717, 1.165) is 63.5 Å². The SMILES string of the molecule is CCNC(=NCCCc1ccccc1)NCCCCn1c(C)cccc1=O.I. The normalized spacial score (nSPS) is 11.0. The minimum atomic E-state index is 0. The molecule has 0 fully saturated rings. The van der Waals surface area contributed by atoms with Crippen LogP contribution < -0.4 is 16.2 Å². The lowest BCUT2D eigenvalue weighted by atomic mass is 10.1. The molecule has 0 atom stereocenters. The zero-order chi connectivity index (χ0) is 19.3. The van der Waals surface area contributed by atoms with Gasteiger partial charge in [0, 0.05) is 37.9 Å². The minimum absolute atomic E-state index is 0. The van der Waals surface area contributed by atoms with E-state index in [4.69, 9.17) is 0 Å². The smallest absolute Gasteiger partial charge is 0.250 e. The van der Waals surface area contributed by atoms with E-state index in [-0.39, 0.29) is 29.5 Å². The zero-order valence-electron chi connectivity index (χ0n) is 17.0. The number of aliphatic imine (C=N–C) groups is 1. The highest BCUT2D eigenvalue weighted by Gasteiger charge is 2.00. The Hall–Kier alpha value is -1.83. The summed E-state index contributed by atoms with van der Waals surface area (Å²) in [4.78, 5) is 16.5. The van der Waals surface area contributed by atoms with Crippen LogP contribution in [0.4, 0.5) is 0 Å². The van der Waals surface area contributed by atoms with Crippen LogP contribution in [0.1, 0.15) is 37.4 Å². The first-order valence-electron chi connectivity index (χ1n) is 9.93. The number of aryl methyl sites for hydroxylation is 2. The Kier molecular flexibility index (Phi) is 12.3. The van der Waals surface area contributed by atoms with Crippen molar-refractivity contribution in [1.82, 2.24) is 15.2 Å². The van der Waals surface area contributed by atoms with E-state index in [1.54, 1.807) is 6.07 Å². The molecule has 2 N–H and O–H groups in total. The van der Waals surface area contributed by atoms with Crippen molar-refractivity contribution in [3.63, 3.8) is 0 Å². The van der Waals surface area contributed by atoms with Gasteiger partial charge in [0.2, 0.25) is 0 Å². The van der Waals surface area contributed by atoms with Gasteiger partial charge in [-0.1, -0.05) is 36.4 Å². The number of benzene rings is 1. The second kappa shape index (κ2) is 14.2. The molecule has 1 heterocycles. The third-order valence-electron chi connectivity index (χ3n) is 4.45. The third kappa shape index (κ3) is 8.91. The summed E-state index contributed by atoms with van der Waals surface area (Å²) in [6.07, 6.45) is 4.05. The van der Waals surface area contributed by atoms with Gasteiger partial charge in [0.25, 0.3) is 5.56 Å². The maximum Gasteiger partial charge on any atom is 0.250 e. The molecule has 0 spiro atoms. The Bertz CT molecular complexity index is 759. The number of pyridine rings is 1. The second-order valence-electron chi connectivity index (χ2n) is 6.64. The van der Waals surface area contributed by atoms with Crippen molar-refractivity contribution in [2.75, 3.05) is 19.6 Å². The predicted octanol–water partition coefficient (Wildman–Crippen LogP) is 3.74. The number of hydrogen-bond donors (Lipinski definition) is 2. The number of rotatable bonds is 10. The summed E-state index contributed by atoms with van der Waals surface area (Å²) in [5, 5.41) is 6.68. The van der Waals surface area contributed by atoms with Crippen LogP contribution in [0.15, 0.2) is 58.3 Å². The lowest BCUT2D eigenvalue weighted by molar-refractivity contribution is 0.575. The molecule has 5 nitrogen and oxygen atoms in total. The summed E-state index contributed by atoms with van der Waals surface area (Å²) < 4.78 is 1.84. The Balaban J connectivity index is 0.00000392. The fourth-order valence-corrected chi connectivity index (χ4v) is 2.97. The van der Waals surface area contributed by atoms with Crippen LogP contribution in [-0.2, 0) is 13.0 Å². The van der Waals surface area contributed by atoms with Gasteiger partial charge in [-0.15, -0.1) is 24.0 Å². The third-order valence-corrected chi connectivity index (χ3v) is 4.45. The summed E-state index contributed by atoms with van der Waals surface area (Å²) >= 11 is 0. The molecule has 0 aliphatic heterocycles. The number of aromatic nitrogens is 1. The molecule has 0 saturated carbocycles. The summed E-state index contributed by atoms with van der Waals surface area (Å²) in [5.41, 5.74) is 2.46. The average Bonchev–Trinajstić information content (AvgIpc) is 2.67. The molecule has 0 unspecified atom stereocenters. The Morgan fingerprint density at radius 2 is 1.79 bits per heavy atom. The molecule has 2 rings (SSSR count). The average molecular weight is 496 g/mol. The summed E-state index contributed by atoms with van der Waals surface area (Å²) in [7, 11) is 0. The second-order valence-corrected chi connectivity index (χ2v) is 6.64. The van der Waals surface area contributed by atoms with Crippen LogP contribution in [0.2, 0.25) is 0 Å². The van der Waals surface area contributed by atoms with Gasteiger partial charge in [0.05, 0.1) is 0 Å². The highest BCUT2D eigenvalue weighted by Crippen LogP contribution is 2.02. The molecule has 154 valence electrons. The Morgan fingerprint density at radius 1 is 1.00 bits per heavy atom. The minimum Gasteiger partial charge on any atom is -0.357 e. The van der Waals surface area contributed by atoms with Gasteiger partial charge >= 0.3 is 0 Å². The van der Waals surface area contributed by atoms with Crippen molar-refractivity contribution < 1.29 is 0 Å². The van der Waals surface area contributed by atoms with Crippen LogP contribution >= 0.6 is 24.0 Å². The van der Waals surface area contributed by atoms with Gasteiger partial charge in [0.15, 0.2) is 5.96 Å².